The van der Waals surface area contributed by atoms with Crippen LogP contribution in [0.3, 0.4) is 0 Å². The van der Waals surface area contributed by atoms with Crippen molar-refractivity contribution in [1.82, 2.24) is 0 Å². The van der Waals surface area contributed by atoms with Crippen LogP contribution in [0.15, 0.2) is 0 Å². The van der Waals surface area contributed by atoms with Crippen LogP contribution in [0.5, 0.6) is 0 Å². The normalized spacial score (nSPS) is 21.4. The van der Waals surface area contributed by atoms with Crippen molar-refractivity contribution in [3.8, 4) is 0 Å². The lowest BCUT2D eigenvalue weighted by atomic mass is 10.0. The number of esters is 1. The van der Waals surface area contributed by atoms with Crippen molar-refractivity contribution < 1.29 is 19.4 Å². The van der Waals surface area contributed by atoms with Crippen LogP contribution in [0.2, 0.25) is 0 Å². The molecule has 0 radical (unpaired) electrons. The van der Waals surface area contributed by atoms with E-state index in [4.69, 9.17) is 9.84 Å². The zero-order valence-corrected chi connectivity index (χ0v) is 13.3. The molecule has 2 fully saturated rings. The number of hydrogen-bond donors (Lipinski definition) is 1. The lowest BCUT2D eigenvalue weighted by Gasteiger charge is -2.09. The maximum atomic E-state index is 11.1. The van der Waals surface area contributed by atoms with E-state index in [0.717, 1.165) is 38.5 Å². The molecule has 2 aliphatic carbocycles. The molecule has 0 spiro atoms. The third-order valence-electron chi connectivity index (χ3n) is 4.59. The monoisotopic (exact) mass is 298 g/mol. The highest BCUT2D eigenvalue weighted by atomic mass is 16.5. The summed E-state index contributed by atoms with van der Waals surface area (Å²) >= 11 is 0. The number of ether oxygens (including phenoxy) is 1. The minimum Gasteiger partial charge on any atom is -0.481 e. The molecule has 2 saturated carbocycles. The van der Waals surface area contributed by atoms with Gasteiger partial charge in [-0.1, -0.05) is 51.4 Å². The van der Waals surface area contributed by atoms with Crippen LogP contribution in [0.4, 0.5) is 0 Å². The fraction of sp³-hybridized carbons (Fsp3) is 0.882. The highest BCUT2D eigenvalue weighted by Gasteiger charge is 2.20. The number of carboxylic acids is 1. The Hall–Kier alpha value is -1.06. The molecular weight excluding hydrogens is 268 g/mol. The molecule has 0 unspecified atom stereocenters. The lowest BCUT2D eigenvalue weighted by Crippen LogP contribution is -2.14. The zero-order chi connectivity index (χ0) is 15.5. The average molecular weight is 298 g/mol. The Labute approximate surface area is 128 Å². The van der Waals surface area contributed by atoms with Crippen LogP contribution in [0.1, 0.15) is 77.0 Å². The number of carbonyl (C=O) groups is 2. The quantitative estimate of drug-likeness (QED) is 0.614. The van der Waals surface area contributed by atoms with E-state index >= 15 is 0 Å². The zero-order valence-electron chi connectivity index (χ0n) is 13.3. The molecule has 2 aliphatic rings. The minimum absolute atomic E-state index is 0.00750. The molecule has 0 amide bonds. The molecule has 0 heterocycles. The number of hydrogen-bond acceptors (Lipinski definition) is 3. The summed E-state index contributed by atoms with van der Waals surface area (Å²) in [5, 5.41) is 8.66. The topological polar surface area (TPSA) is 63.6 Å². The van der Waals surface area contributed by atoms with E-state index in [1.54, 1.807) is 0 Å². The Kier molecular flexibility index (Phi) is 9.11. The number of aliphatic carboxylic acids is 1. The third kappa shape index (κ3) is 7.49. The van der Waals surface area contributed by atoms with Crippen molar-refractivity contribution in [2.24, 2.45) is 11.8 Å². The summed E-state index contributed by atoms with van der Waals surface area (Å²) in [4.78, 5) is 21.6. The first-order valence-electron chi connectivity index (χ1n) is 8.45. The van der Waals surface area contributed by atoms with Crippen LogP contribution in [-0.2, 0) is 14.3 Å². The van der Waals surface area contributed by atoms with Gasteiger partial charge in [0.15, 0.2) is 0 Å². The Morgan fingerprint density at radius 3 is 1.48 bits per heavy atom. The van der Waals surface area contributed by atoms with E-state index in [0.29, 0.717) is 0 Å². The largest absolute Gasteiger partial charge is 0.481 e. The van der Waals surface area contributed by atoms with Crippen LogP contribution < -0.4 is 0 Å². The maximum Gasteiger partial charge on any atom is 0.308 e. The molecule has 122 valence electrons. The van der Waals surface area contributed by atoms with E-state index < -0.39 is 5.97 Å². The van der Waals surface area contributed by atoms with Gasteiger partial charge in [0.05, 0.1) is 18.9 Å². The molecule has 21 heavy (non-hydrogen) atoms. The Morgan fingerprint density at radius 1 is 0.762 bits per heavy atom. The van der Waals surface area contributed by atoms with Gasteiger partial charge in [-0.2, -0.15) is 0 Å². The van der Waals surface area contributed by atoms with E-state index in [2.05, 4.69) is 0 Å². The molecular formula is C17H30O4. The number of carbonyl (C=O) groups excluding carboxylic acids is 1. The predicted molar refractivity (Wildman–Crippen MR) is 82.0 cm³/mol. The summed E-state index contributed by atoms with van der Waals surface area (Å²) in [6, 6.07) is 0. The van der Waals surface area contributed by atoms with E-state index in [-0.39, 0.29) is 17.8 Å². The van der Waals surface area contributed by atoms with Gasteiger partial charge in [-0.15, -0.1) is 0 Å². The SMILES string of the molecule is COC(=O)C1CCCCCC1.O=C(O)C1CCCCCC1. The third-order valence-corrected chi connectivity index (χ3v) is 4.59. The van der Waals surface area contributed by atoms with E-state index in [9.17, 15) is 9.59 Å². The van der Waals surface area contributed by atoms with Gasteiger partial charge in [-0.25, -0.2) is 0 Å². The lowest BCUT2D eigenvalue weighted by molar-refractivity contribution is -0.146. The van der Waals surface area contributed by atoms with Gasteiger partial charge < -0.3 is 9.84 Å². The molecule has 0 aromatic carbocycles. The fourth-order valence-corrected chi connectivity index (χ4v) is 3.21. The average Bonchev–Trinajstić information content (AvgIpc) is 2.92. The van der Waals surface area contributed by atoms with Crippen LogP contribution in [0, 0.1) is 11.8 Å². The highest BCUT2D eigenvalue weighted by Crippen LogP contribution is 2.23. The Morgan fingerprint density at radius 2 is 1.14 bits per heavy atom. The van der Waals surface area contributed by atoms with Crippen molar-refractivity contribution in [1.29, 1.82) is 0 Å². The van der Waals surface area contributed by atoms with Gasteiger partial charge >= 0.3 is 11.9 Å². The first-order valence-corrected chi connectivity index (χ1v) is 8.45. The first kappa shape index (κ1) is 18.0. The second-order valence-electron chi connectivity index (χ2n) is 6.24. The van der Waals surface area contributed by atoms with Crippen molar-refractivity contribution in [2.75, 3.05) is 7.11 Å². The summed E-state index contributed by atoms with van der Waals surface area (Å²) in [5.41, 5.74) is 0. The standard InChI is InChI=1S/C9H16O2.C8H14O2/c1-11-9(10)8-6-4-2-3-5-7-8;9-8(10)7-5-3-1-2-4-6-7/h8H,2-7H2,1H3;7H,1-6H2,(H,9,10). The summed E-state index contributed by atoms with van der Waals surface area (Å²) < 4.78 is 4.71. The van der Waals surface area contributed by atoms with Gasteiger partial charge in [0.1, 0.15) is 0 Å². The molecule has 0 aromatic rings. The molecule has 0 saturated heterocycles. The van der Waals surface area contributed by atoms with Crippen LogP contribution in [0.25, 0.3) is 0 Å². The summed E-state index contributed by atoms with van der Waals surface area (Å²) in [6.45, 7) is 0. The maximum absolute atomic E-state index is 11.1. The highest BCUT2D eigenvalue weighted by molar-refractivity contribution is 5.72. The second kappa shape index (κ2) is 10.6. The molecule has 4 heteroatoms. The van der Waals surface area contributed by atoms with Gasteiger partial charge in [-0.05, 0) is 25.7 Å². The van der Waals surface area contributed by atoms with Crippen molar-refractivity contribution in [3.63, 3.8) is 0 Å². The van der Waals surface area contributed by atoms with Crippen molar-refractivity contribution in [2.45, 2.75) is 77.0 Å². The van der Waals surface area contributed by atoms with Crippen molar-refractivity contribution in [3.05, 3.63) is 0 Å². The van der Waals surface area contributed by atoms with Gasteiger partial charge in [-0.3, -0.25) is 9.59 Å². The molecule has 1 N–H and O–H groups in total. The number of carboxylic acid groups (broad SMARTS) is 1. The van der Waals surface area contributed by atoms with Gasteiger partial charge in [0, 0.05) is 0 Å². The summed E-state index contributed by atoms with van der Waals surface area (Å²) in [5.74, 6) is -0.446. The molecule has 0 bridgehead atoms. The molecule has 0 aromatic heterocycles. The Bertz CT molecular complexity index is 298. The molecule has 4 nitrogen and oxygen atoms in total. The van der Waals surface area contributed by atoms with E-state index in [1.165, 1.54) is 45.6 Å². The molecule has 0 aliphatic heterocycles. The van der Waals surface area contributed by atoms with Gasteiger partial charge in [0.2, 0.25) is 0 Å². The number of rotatable bonds is 2. The van der Waals surface area contributed by atoms with Crippen molar-refractivity contribution >= 4 is 11.9 Å². The molecule has 0 atom stereocenters. The fourth-order valence-electron chi connectivity index (χ4n) is 3.21. The van der Waals surface area contributed by atoms with Crippen LogP contribution in [-0.4, -0.2) is 24.2 Å². The van der Waals surface area contributed by atoms with Gasteiger partial charge in [0.25, 0.3) is 0 Å². The smallest absolute Gasteiger partial charge is 0.308 e. The Balaban J connectivity index is 0.000000211. The first-order chi connectivity index (χ1) is 10.1. The summed E-state index contributed by atoms with van der Waals surface area (Å²) in [6.07, 6.45) is 13.5. The number of methoxy groups -OCH3 is 1. The summed E-state index contributed by atoms with van der Waals surface area (Å²) in [7, 11) is 1.48. The van der Waals surface area contributed by atoms with E-state index in [1.807, 2.05) is 0 Å². The second-order valence-corrected chi connectivity index (χ2v) is 6.24. The predicted octanol–water partition coefficient (Wildman–Crippen LogP) is 4.17. The minimum atomic E-state index is -0.595. The van der Waals surface area contributed by atoms with Crippen LogP contribution >= 0.6 is 0 Å². The molecule has 2 rings (SSSR count).